The van der Waals surface area contributed by atoms with E-state index in [0.29, 0.717) is 0 Å². The van der Waals surface area contributed by atoms with Gasteiger partial charge in [0.15, 0.2) is 0 Å². The maximum absolute atomic E-state index is 4.44. The molecule has 2 aliphatic rings. The van der Waals surface area contributed by atoms with Gasteiger partial charge in [0.25, 0.3) is 0 Å². The van der Waals surface area contributed by atoms with Crippen molar-refractivity contribution >= 4 is 0 Å². The summed E-state index contributed by atoms with van der Waals surface area (Å²) in [6.07, 6.45) is 9.96. The zero-order valence-electron chi connectivity index (χ0n) is 11.9. The van der Waals surface area contributed by atoms with E-state index >= 15 is 0 Å². The molecule has 0 radical (unpaired) electrons. The lowest BCUT2D eigenvalue weighted by molar-refractivity contribution is 0.322. The molecule has 1 aromatic heterocycles. The minimum Gasteiger partial charge on any atom is -0.314 e. The Labute approximate surface area is 116 Å². The summed E-state index contributed by atoms with van der Waals surface area (Å²) >= 11 is 0. The van der Waals surface area contributed by atoms with E-state index in [9.17, 15) is 0 Å². The van der Waals surface area contributed by atoms with Crippen molar-refractivity contribution in [3.63, 3.8) is 0 Å². The molecule has 4 heteroatoms. The fourth-order valence-electron chi connectivity index (χ4n) is 3.78. The fraction of sp³-hybridized carbons (Fsp3) is 0.800. The highest BCUT2D eigenvalue weighted by Gasteiger charge is 2.34. The van der Waals surface area contributed by atoms with Crippen LogP contribution in [0.5, 0.6) is 0 Å². The van der Waals surface area contributed by atoms with Crippen LogP contribution in [-0.2, 0) is 13.5 Å². The highest BCUT2D eigenvalue weighted by Crippen LogP contribution is 2.31. The molecule has 3 rings (SSSR count). The normalized spacial score (nSPS) is 31.1. The second-order valence-corrected chi connectivity index (χ2v) is 6.09. The molecule has 1 aliphatic carbocycles. The summed E-state index contributed by atoms with van der Waals surface area (Å²) < 4.78 is 1.89. The molecule has 1 aliphatic heterocycles. The average Bonchev–Trinajstić information content (AvgIpc) is 3.09. The summed E-state index contributed by atoms with van der Waals surface area (Å²) in [5.74, 6) is 0.853. The number of nitrogens with one attached hydrogen (secondary N) is 2. The molecule has 2 fully saturated rings. The number of nitrogens with zero attached hydrogens (tertiary/aromatic N) is 2. The Bertz CT molecular complexity index is 395. The topological polar surface area (TPSA) is 41.9 Å². The molecule has 1 saturated carbocycles. The zero-order valence-corrected chi connectivity index (χ0v) is 11.9. The molecule has 1 aromatic rings. The summed E-state index contributed by atoms with van der Waals surface area (Å²) in [6.45, 7) is 2.28. The van der Waals surface area contributed by atoms with Gasteiger partial charge in [-0.1, -0.05) is 6.42 Å². The van der Waals surface area contributed by atoms with Crippen LogP contribution in [0.2, 0.25) is 0 Å². The third-order valence-corrected chi connectivity index (χ3v) is 4.74. The van der Waals surface area contributed by atoms with Crippen LogP contribution in [0.1, 0.15) is 37.8 Å². The summed E-state index contributed by atoms with van der Waals surface area (Å²) in [4.78, 5) is 0. The van der Waals surface area contributed by atoms with E-state index in [-0.39, 0.29) is 0 Å². The SMILES string of the molecule is Cn1ccc(CCNC2CCCC2C2CCCN2)n1. The molecular weight excluding hydrogens is 236 g/mol. The largest absolute Gasteiger partial charge is 0.314 e. The Morgan fingerprint density at radius 3 is 3.05 bits per heavy atom. The van der Waals surface area contributed by atoms with E-state index in [4.69, 9.17) is 0 Å². The fourth-order valence-corrected chi connectivity index (χ4v) is 3.78. The number of hydrogen-bond acceptors (Lipinski definition) is 3. The molecule has 0 spiro atoms. The first-order valence-electron chi connectivity index (χ1n) is 7.78. The summed E-state index contributed by atoms with van der Waals surface area (Å²) in [5, 5.41) is 11.9. The molecule has 106 valence electrons. The Hall–Kier alpha value is -0.870. The van der Waals surface area contributed by atoms with Crippen molar-refractivity contribution in [2.75, 3.05) is 13.1 Å². The molecular formula is C15H26N4. The highest BCUT2D eigenvalue weighted by atomic mass is 15.2. The maximum atomic E-state index is 4.44. The standard InChI is InChI=1S/C15H26N4/c1-19-11-8-12(18-19)7-10-17-14-5-2-4-13(14)15-6-3-9-16-15/h8,11,13-17H,2-7,9-10H2,1H3. The van der Waals surface area contributed by atoms with Gasteiger partial charge in [0, 0.05) is 38.3 Å². The Morgan fingerprint density at radius 2 is 2.32 bits per heavy atom. The van der Waals surface area contributed by atoms with Crippen molar-refractivity contribution in [1.82, 2.24) is 20.4 Å². The van der Waals surface area contributed by atoms with Crippen molar-refractivity contribution in [1.29, 1.82) is 0 Å². The van der Waals surface area contributed by atoms with Crippen LogP contribution in [0.3, 0.4) is 0 Å². The zero-order chi connectivity index (χ0) is 13.1. The minimum atomic E-state index is 0.722. The number of rotatable bonds is 5. The van der Waals surface area contributed by atoms with E-state index in [0.717, 1.165) is 31.0 Å². The van der Waals surface area contributed by atoms with Crippen LogP contribution in [0.25, 0.3) is 0 Å². The lowest BCUT2D eigenvalue weighted by Crippen LogP contribution is -2.42. The van der Waals surface area contributed by atoms with Crippen LogP contribution in [0.4, 0.5) is 0 Å². The number of hydrogen-bond donors (Lipinski definition) is 2. The monoisotopic (exact) mass is 262 g/mol. The predicted octanol–water partition coefficient (Wildman–Crippen LogP) is 1.47. The van der Waals surface area contributed by atoms with Crippen molar-refractivity contribution < 1.29 is 0 Å². The van der Waals surface area contributed by atoms with E-state index in [1.54, 1.807) is 0 Å². The Balaban J connectivity index is 1.46. The molecule has 3 atom stereocenters. The number of aromatic nitrogens is 2. The molecule has 19 heavy (non-hydrogen) atoms. The highest BCUT2D eigenvalue weighted by molar-refractivity contribution is 5.00. The molecule has 0 aromatic carbocycles. The van der Waals surface area contributed by atoms with Crippen LogP contribution >= 0.6 is 0 Å². The van der Waals surface area contributed by atoms with Gasteiger partial charge in [0.1, 0.15) is 0 Å². The van der Waals surface area contributed by atoms with Crippen molar-refractivity contribution in [2.45, 2.75) is 50.6 Å². The van der Waals surface area contributed by atoms with Crippen LogP contribution < -0.4 is 10.6 Å². The van der Waals surface area contributed by atoms with Gasteiger partial charge in [-0.2, -0.15) is 5.10 Å². The summed E-state index contributed by atoms with van der Waals surface area (Å²) in [6, 6.07) is 3.61. The first-order valence-corrected chi connectivity index (χ1v) is 7.78. The van der Waals surface area contributed by atoms with Crippen LogP contribution in [0.15, 0.2) is 12.3 Å². The van der Waals surface area contributed by atoms with E-state index in [1.165, 1.54) is 44.3 Å². The van der Waals surface area contributed by atoms with Gasteiger partial charge in [-0.3, -0.25) is 4.68 Å². The van der Waals surface area contributed by atoms with Gasteiger partial charge >= 0.3 is 0 Å². The molecule has 2 N–H and O–H groups in total. The predicted molar refractivity (Wildman–Crippen MR) is 77.1 cm³/mol. The second kappa shape index (κ2) is 6.06. The van der Waals surface area contributed by atoms with Crippen LogP contribution in [0, 0.1) is 5.92 Å². The summed E-state index contributed by atoms with van der Waals surface area (Å²) in [7, 11) is 1.98. The average molecular weight is 262 g/mol. The molecule has 0 amide bonds. The third-order valence-electron chi connectivity index (χ3n) is 4.74. The van der Waals surface area contributed by atoms with E-state index in [2.05, 4.69) is 21.8 Å². The smallest absolute Gasteiger partial charge is 0.0637 e. The van der Waals surface area contributed by atoms with Crippen molar-refractivity contribution in [2.24, 2.45) is 13.0 Å². The lowest BCUT2D eigenvalue weighted by atomic mass is 9.93. The number of aryl methyl sites for hydroxylation is 1. The maximum Gasteiger partial charge on any atom is 0.0637 e. The third kappa shape index (κ3) is 3.18. The van der Waals surface area contributed by atoms with Crippen molar-refractivity contribution in [3.8, 4) is 0 Å². The molecule has 1 saturated heterocycles. The lowest BCUT2D eigenvalue weighted by Gasteiger charge is -2.26. The second-order valence-electron chi connectivity index (χ2n) is 6.09. The van der Waals surface area contributed by atoms with Crippen molar-refractivity contribution in [3.05, 3.63) is 18.0 Å². The summed E-state index contributed by atoms with van der Waals surface area (Å²) in [5.41, 5.74) is 1.20. The molecule has 0 bridgehead atoms. The quantitative estimate of drug-likeness (QED) is 0.844. The van der Waals surface area contributed by atoms with Gasteiger partial charge in [0.05, 0.1) is 5.69 Å². The van der Waals surface area contributed by atoms with Gasteiger partial charge < -0.3 is 10.6 Å². The Morgan fingerprint density at radius 1 is 1.37 bits per heavy atom. The Kier molecular flexibility index (Phi) is 4.18. The molecule has 4 nitrogen and oxygen atoms in total. The molecule has 2 heterocycles. The van der Waals surface area contributed by atoms with E-state index < -0.39 is 0 Å². The first-order chi connectivity index (χ1) is 9.33. The van der Waals surface area contributed by atoms with Gasteiger partial charge in [0.2, 0.25) is 0 Å². The first kappa shape index (κ1) is 13.1. The van der Waals surface area contributed by atoms with E-state index in [1.807, 2.05) is 17.9 Å². The minimum absolute atomic E-state index is 0.722. The van der Waals surface area contributed by atoms with Gasteiger partial charge in [-0.25, -0.2) is 0 Å². The molecule has 3 unspecified atom stereocenters. The van der Waals surface area contributed by atoms with Crippen LogP contribution in [-0.4, -0.2) is 35.0 Å². The van der Waals surface area contributed by atoms with Gasteiger partial charge in [-0.15, -0.1) is 0 Å². The van der Waals surface area contributed by atoms with Gasteiger partial charge in [-0.05, 0) is 44.2 Å².